The molecule has 1 saturated heterocycles. The summed E-state index contributed by atoms with van der Waals surface area (Å²) in [5, 5.41) is 4.17. The van der Waals surface area contributed by atoms with Gasteiger partial charge in [0.25, 0.3) is 6.02 Å². The third-order valence-electron chi connectivity index (χ3n) is 4.89. The second-order valence-corrected chi connectivity index (χ2v) is 8.62. The zero-order valence-electron chi connectivity index (χ0n) is 18.5. The highest BCUT2D eigenvalue weighted by Gasteiger charge is 2.11. The van der Waals surface area contributed by atoms with Crippen molar-refractivity contribution >= 4 is 24.0 Å². The average molecular weight is 442 g/mol. The van der Waals surface area contributed by atoms with Crippen molar-refractivity contribution in [2.45, 2.75) is 30.0 Å². The van der Waals surface area contributed by atoms with E-state index >= 15 is 0 Å². The molecule has 0 amide bonds. The summed E-state index contributed by atoms with van der Waals surface area (Å²) in [7, 11) is 5.47. The standard InChI is InChI=1S/C24H31N3O3S/c1-27(2)24(28-3)25-16-19-7-9-21(10-8-19)18-31-23-6-4-5-22(15-23)30-26-17-20-11-13-29-14-12-20/h4-10,15,17,20H,11-14,16,18H2,1-3H3/b25-24-,26-17?. The van der Waals surface area contributed by atoms with Crippen LogP contribution >= 0.6 is 11.8 Å². The van der Waals surface area contributed by atoms with Crippen LogP contribution in [0.25, 0.3) is 0 Å². The lowest BCUT2D eigenvalue weighted by Crippen LogP contribution is -2.23. The van der Waals surface area contributed by atoms with E-state index in [-0.39, 0.29) is 0 Å². The molecule has 1 aliphatic heterocycles. The SMILES string of the molecule is CO/C(=N\Cc1ccc(CSc2cccc(ON=CC3CCOCC3)c2)cc1)N(C)C. The van der Waals surface area contributed by atoms with Gasteiger partial charge >= 0.3 is 0 Å². The largest absolute Gasteiger partial charge is 0.468 e. The first kappa shape index (κ1) is 23.2. The Morgan fingerprint density at radius 1 is 1.13 bits per heavy atom. The van der Waals surface area contributed by atoms with E-state index in [9.17, 15) is 0 Å². The maximum Gasteiger partial charge on any atom is 0.286 e. The lowest BCUT2D eigenvalue weighted by Gasteiger charge is -2.17. The molecule has 0 unspecified atom stereocenters. The summed E-state index contributed by atoms with van der Waals surface area (Å²) in [6.45, 7) is 2.21. The fourth-order valence-corrected chi connectivity index (χ4v) is 4.02. The number of methoxy groups -OCH3 is 1. The first-order valence-electron chi connectivity index (χ1n) is 10.5. The fraction of sp³-hybridized carbons (Fsp3) is 0.417. The molecule has 0 aromatic heterocycles. The normalized spacial score (nSPS) is 15.3. The number of oxime groups is 1. The maximum atomic E-state index is 5.58. The van der Waals surface area contributed by atoms with Gasteiger partial charge in [0.05, 0.1) is 13.7 Å². The van der Waals surface area contributed by atoms with E-state index < -0.39 is 0 Å². The number of aliphatic imine (C=N–C) groups is 1. The van der Waals surface area contributed by atoms with Gasteiger partial charge in [-0.3, -0.25) is 0 Å². The Labute approximate surface area is 189 Å². The van der Waals surface area contributed by atoms with E-state index in [1.54, 1.807) is 18.9 Å². The smallest absolute Gasteiger partial charge is 0.286 e. The zero-order chi connectivity index (χ0) is 21.9. The number of nitrogens with zero attached hydrogens (tertiary/aromatic N) is 3. The topological polar surface area (TPSA) is 55.6 Å². The molecule has 0 atom stereocenters. The maximum absolute atomic E-state index is 5.58. The number of thioether (sulfide) groups is 1. The van der Waals surface area contributed by atoms with Crippen molar-refractivity contribution in [3.8, 4) is 5.75 Å². The fourth-order valence-electron chi connectivity index (χ4n) is 3.12. The van der Waals surface area contributed by atoms with Crippen molar-refractivity contribution in [1.82, 2.24) is 4.90 Å². The van der Waals surface area contributed by atoms with Gasteiger partial charge in [-0.1, -0.05) is 35.5 Å². The molecule has 166 valence electrons. The summed E-state index contributed by atoms with van der Waals surface area (Å²) in [5.41, 5.74) is 2.42. The molecule has 1 fully saturated rings. The number of rotatable bonds is 8. The first-order chi connectivity index (χ1) is 15.1. The van der Waals surface area contributed by atoms with Gasteiger partial charge in [0.2, 0.25) is 0 Å². The highest BCUT2D eigenvalue weighted by atomic mass is 32.2. The van der Waals surface area contributed by atoms with Gasteiger partial charge in [-0.05, 0) is 42.2 Å². The van der Waals surface area contributed by atoms with Crippen LogP contribution in [0.3, 0.4) is 0 Å². The molecule has 0 spiro atoms. The van der Waals surface area contributed by atoms with E-state index in [0.29, 0.717) is 18.5 Å². The molecule has 6 nitrogen and oxygen atoms in total. The Balaban J connectivity index is 1.48. The van der Waals surface area contributed by atoms with Gasteiger partial charge in [0, 0.05) is 50.1 Å². The molecule has 31 heavy (non-hydrogen) atoms. The molecular formula is C24H31N3O3S. The van der Waals surface area contributed by atoms with Gasteiger partial charge in [0.1, 0.15) is 0 Å². The molecule has 1 aliphatic rings. The quantitative estimate of drug-likeness (QED) is 0.254. The van der Waals surface area contributed by atoms with Crippen LogP contribution in [-0.2, 0) is 21.8 Å². The number of hydrogen-bond acceptors (Lipinski definition) is 6. The van der Waals surface area contributed by atoms with Gasteiger partial charge in [0.15, 0.2) is 5.75 Å². The second kappa shape index (κ2) is 12.4. The predicted octanol–water partition coefficient (Wildman–Crippen LogP) is 4.83. The van der Waals surface area contributed by atoms with E-state index in [1.165, 1.54) is 5.56 Å². The van der Waals surface area contributed by atoms with Gasteiger partial charge in [-0.25, -0.2) is 4.99 Å². The van der Waals surface area contributed by atoms with Crippen LogP contribution < -0.4 is 4.84 Å². The summed E-state index contributed by atoms with van der Waals surface area (Å²) in [5.74, 6) is 2.10. The Morgan fingerprint density at radius 3 is 2.58 bits per heavy atom. The van der Waals surface area contributed by atoms with Gasteiger partial charge in [-0.15, -0.1) is 11.8 Å². The lowest BCUT2D eigenvalue weighted by atomic mass is 10.0. The number of ether oxygens (including phenoxy) is 2. The molecular weight excluding hydrogens is 410 g/mol. The van der Waals surface area contributed by atoms with Crippen molar-refractivity contribution in [2.75, 3.05) is 34.4 Å². The number of benzene rings is 2. The summed E-state index contributed by atoms with van der Waals surface area (Å²) in [4.78, 5) is 13.1. The van der Waals surface area contributed by atoms with Crippen molar-refractivity contribution in [2.24, 2.45) is 16.1 Å². The number of hydrogen-bond donors (Lipinski definition) is 0. The molecule has 7 heteroatoms. The average Bonchev–Trinajstić information content (AvgIpc) is 2.80. The number of amidine groups is 1. The zero-order valence-corrected chi connectivity index (χ0v) is 19.3. The molecule has 0 bridgehead atoms. The molecule has 2 aromatic carbocycles. The van der Waals surface area contributed by atoms with E-state index in [0.717, 1.165) is 48.0 Å². The molecule has 2 aromatic rings. The molecule has 3 rings (SSSR count). The molecule has 0 saturated carbocycles. The van der Waals surface area contributed by atoms with Crippen LogP contribution in [0, 0.1) is 5.92 Å². The lowest BCUT2D eigenvalue weighted by molar-refractivity contribution is 0.0833. The second-order valence-electron chi connectivity index (χ2n) is 7.57. The molecule has 1 heterocycles. The Hall–Kier alpha value is -2.51. The minimum Gasteiger partial charge on any atom is -0.468 e. The monoisotopic (exact) mass is 441 g/mol. The minimum absolute atomic E-state index is 0.448. The van der Waals surface area contributed by atoms with Crippen LogP contribution in [-0.4, -0.2) is 51.6 Å². The van der Waals surface area contributed by atoms with Crippen molar-refractivity contribution < 1.29 is 14.3 Å². The summed E-state index contributed by atoms with van der Waals surface area (Å²) in [6.07, 6.45) is 3.93. The van der Waals surface area contributed by atoms with Crippen LogP contribution in [0.5, 0.6) is 5.75 Å². The third kappa shape index (κ3) is 7.92. The van der Waals surface area contributed by atoms with E-state index in [1.807, 2.05) is 43.4 Å². The summed E-state index contributed by atoms with van der Waals surface area (Å²) >= 11 is 1.78. The Bertz CT molecular complexity index is 863. The highest BCUT2D eigenvalue weighted by molar-refractivity contribution is 7.98. The predicted molar refractivity (Wildman–Crippen MR) is 127 cm³/mol. The van der Waals surface area contributed by atoms with Crippen LogP contribution in [0.2, 0.25) is 0 Å². The van der Waals surface area contributed by atoms with Crippen molar-refractivity contribution in [3.63, 3.8) is 0 Å². The van der Waals surface area contributed by atoms with Crippen molar-refractivity contribution in [1.29, 1.82) is 0 Å². The summed E-state index contributed by atoms with van der Waals surface area (Å²) < 4.78 is 10.6. The van der Waals surface area contributed by atoms with Gasteiger partial charge < -0.3 is 19.2 Å². The minimum atomic E-state index is 0.448. The van der Waals surface area contributed by atoms with E-state index in [4.69, 9.17) is 14.3 Å². The van der Waals surface area contributed by atoms with E-state index in [2.05, 4.69) is 40.5 Å². The Morgan fingerprint density at radius 2 is 1.87 bits per heavy atom. The van der Waals surface area contributed by atoms with Crippen LogP contribution in [0.4, 0.5) is 0 Å². The van der Waals surface area contributed by atoms with Crippen molar-refractivity contribution in [3.05, 3.63) is 59.7 Å². The van der Waals surface area contributed by atoms with Crippen LogP contribution in [0.15, 0.2) is 63.6 Å². The van der Waals surface area contributed by atoms with Crippen LogP contribution in [0.1, 0.15) is 24.0 Å². The van der Waals surface area contributed by atoms with Gasteiger partial charge in [-0.2, -0.15) is 0 Å². The third-order valence-corrected chi connectivity index (χ3v) is 5.96. The highest BCUT2D eigenvalue weighted by Crippen LogP contribution is 2.26. The molecule has 0 aliphatic carbocycles. The Kier molecular flexibility index (Phi) is 9.24. The first-order valence-corrected chi connectivity index (χ1v) is 11.5. The molecule has 0 radical (unpaired) electrons. The molecule has 0 N–H and O–H groups in total. The summed E-state index contributed by atoms with van der Waals surface area (Å²) in [6, 6.07) is 17.2.